The molecule has 1 N–H and O–H groups in total. The van der Waals surface area contributed by atoms with Gasteiger partial charge in [0.25, 0.3) is 0 Å². The van der Waals surface area contributed by atoms with Crippen LogP contribution in [0.3, 0.4) is 0 Å². The van der Waals surface area contributed by atoms with Crippen LogP contribution < -0.4 is 10.2 Å². The Bertz CT molecular complexity index is 710. The van der Waals surface area contributed by atoms with Crippen LogP contribution >= 0.6 is 11.3 Å². The van der Waals surface area contributed by atoms with Gasteiger partial charge in [0.05, 0.1) is 5.00 Å². The van der Waals surface area contributed by atoms with E-state index in [0.29, 0.717) is 18.1 Å². The third kappa shape index (κ3) is 5.32. The molecule has 7 heteroatoms. The van der Waals surface area contributed by atoms with Gasteiger partial charge in [-0.25, -0.2) is 0 Å². The van der Waals surface area contributed by atoms with Crippen LogP contribution in [0.15, 0.2) is 52.8 Å². The fraction of sp³-hybridized carbons (Fsp3) is 0.421. The highest BCUT2D eigenvalue weighted by molar-refractivity contribution is 7.84. The first-order valence-electron chi connectivity index (χ1n) is 8.89. The lowest BCUT2D eigenvalue weighted by Gasteiger charge is -2.37. The van der Waals surface area contributed by atoms with Crippen molar-refractivity contribution < 1.29 is 4.21 Å². The van der Waals surface area contributed by atoms with Gasteiger partial charge in [-0.2, -0.15) is 0 Å². The maximum atomic E-state index is 12.2. The van der Waals surface area contributed by atoms with E-state index in [1.54, 1.807) is 11.3 Å². The lowest BCUT2D eigenvalue weighted by atomic mass is 10.2. The Hall–Kier alpha value is -1.86. The van der Waals surface area contributed by atoms with E-state index < -0.39 is 10.8 Å². The highest BCUT2D eigenvalue weighted by Crippen LogP contribution is 2.22. The van der Waals surface area contributed by atoms with Crippen LogP contribution in [-0.2, 0) is 16.6 Å². The van der Waals surface area contributed by atoms with Gasteiger partial charge in [-0.3, -0.25) is 9.20 Å². The quantitative estimate of drug-likeness (QED) is 0.608. The van der Waals surface area contributed by atoms with Crippen molar-refractivity contribution >= 4 is 33.1 Å². The van der Waals surface area contributed by atoms with Crippen molar-refractivity contribution in [3.63, 3.8) is 0 Å². The first-order valence-corrected chi connectivity index (χ1v) is 11.3. The smallest absolute Gasteiger partial charge is 0.193 e. The van der Waals surface area contributed by atoms with Crippen molar-refractivity contribution in [1.29, 1.82) is 0 Å². The lowest BCUT2D eigenvalue weighted by Crippen LogP contribution is -2.52. The van der Waals surface area contributed by atoms with Gasteiger partial charge in [0.2, 0.25) is 0 Å². The molecule has 3 rings (SSSR count). The molecule has 0 aliphatic carbocycles. The van der Waals surface area contributed by atoms with Crippen molar-refractivity contribution in [1.82, 2.24) is 10.2 Å². The van der Waals surface area contributed by atoms with Crippen LogP contribution in [0, 0.1) is 0 Å². The second-order valence-electron chi connectivity index (χ2n) is 6.17. The molecule has 1 unspecified atom stereocenters. The van der Waals surface area contributed by atoms with Gasteiger partial charge in [0, 0.05) is 62.1 Å². The molecule has 0 amide bonds. The van der Waals surface area contributed by atoms with E-state index >= 15 is 0 Å². The molecule has 0 saturated carbocycles. The van der Waals surface area contributed by atoms with E-state index in [1.165, 1.54) is 5.00 Å². The summed E-state index contributed by atoms with van der Waals surface area (Å²) in [7, 11) is 0.951. The number of hydrogen-bond acceptors (Lipinski definition) is 4. The molecule has 2 aromatic rings. The molecular weight excluding hydrogens is 364 g/mol. The first-order chi connectivity index (χ1) is 12.8. The second kappa shape index (κ2) is 9.73. The number of rotatable bonds is 6. The molecule has 0 radical (unpaired) electrons. The monoisotopic (exact) mass is 390 g/mol. The van der Waals surface area contributed by atoms with Crippen LogP contribution in [0.4, 0.5) is 5.00 Å². The molecule has 1 aromatic carbocycles. The minimum absolute atomic E-state index is 0.612. The Morgan fingerprint density at radius 1 is 1.15 bits per heavy atom. The van der Waals surface area contributed by atoms with Crippen molar-refractivity contribution in [2.75, 3.05) is 50.4 Å². The second-order valence-corrected chi connectivity index (χ2v) is 8.68. The molecule has 5 nitrogen and oxygen atoms in total. The first kappa shape index (κ1) is 18.9. The van der Waals surface area contributed by atoms with Crippen molar-refractivity contribution in [3.05, 3.63) is 53.4 Å². The molecule has 26 heavy (non-hydrogen) atoms. The average molecular weight is 391 g/mol. The average Bonchev–Trinajstić information content (AvgIpc) is 3.21. The number of aliphatic imine (C=N–C) groups is 1. The molecule has 1 saturated heterocycles. The van der Waals surface area contributed by atoms with Gasteiger partial charge in [-0.05, 0) is 23.1 Å². The number of piperazine rings is 1. The maximum absolute atomic E-state index is 12.2. The van der Waals surface area contributed by atoms with Crippen LogP contribution in [0.2, 0.25) is 0 Å². The number of anilines is 1. The fourth-order valence-electron chi connectivity index (χ4n) is 3.03. The maximum Gasteiger partial charge on any atom is 0.193 e. The lowest BCUT2D eigenvalue weighted by molar-refractivity contribution is 0.374. The van der Waals surface area contributed by atoms with Gasteiger partial charge in [-0.15, -0.1) is 11.3 Å². The normalized spacial score (nSPS) is 16.6. The molecule has 1 aliphatic heterocycles. The van der Waals surface area contributed by atoms with Crippen LogP contribution in [0.25, 0.3) is 0 Å². The molecule has 1 aliphatic rings. The topological polar surface area (TPSA) is 47.9 Å². The van der Waals surface area contributed by atoms with Crippen molar-refractivity contribution in [3.8, 4) is 0 Å². The van der Waals surface area contributed by atoms with Crippen molar-refractivity contribution in [2.45, 2.75) is 5.75 Å². The molecule has 2 heterocycles. The predicted molar refractivity (Wildman–Crippen MR) is 113 cm³/mol. The van der Waals surface area contributed by atoms with E-state index in [-0.39, 0.29) is 0 Å². The number of hydrogen-bond donors (Lipinski definition) is 1. The van der Waals surface area contributed by atoms with Gasteiger partial charge in [0.1, 0.15) is 0 Å². The Morgan fingerprint density at radius 2 is 1.92 bits per heavy atom. The zero-order chi connectivity index (χ0) is 18.2. The molecule has 0 spiro atoms. The summed E-state index contributed by atoms with van der Waals surface area (Å²) in [6.45, 7) is 4.58. The molecule has 140 valence electrons. The number of benzene rings is 1. The Morgan fingerprint density at radius 3 is 2.58 bits per heavy atom. The standard InChI is InChI=1S/C19H26N4OS2/c1-20-19(21-9-15-26(24)16-17-6-3-2-4-7-17)23-12-10-22(11-13-23)18-8-5-14-25-18/h2-8,14H,9-13,15-16H2,1H3,(H,20,21). The number of thiophene rings is 1. The van der Waals surface area contributed by atoms with Gasteiger partial charge >= 0.3 is 0 Å². The summed E-state index contributed by atoms with van der Waals surface area (Å²) in [6.07, 6.45) is 0. The van der Waals surface area contributed by atoms with Gasteiger partial charge in [-0.1, -0.05) is 30.3 Å². The van der Waals surface area contributed by atoms with E-state index in [9.17, 15) is 4.21 Å². The van der Waals surface area contributed by atoms with Gasteiger partial charge in [0.15, 0.2) is 5.96 Å². The third-order valence-electron chi connectivity index (χ3n) is 4.39. The third-order valence-corrected chi connectivity index (χ3v) is 6.64. The number of guanidine groups is 1. The molecule has 1 fully saturated rings. The van der Waals surface area contributed by atoms with Crippen LogP contribution in [0.5, 0.6) is 0 Å². The zero-order valence-corrected chi connectivity index (χ0v) is 16.8. The largest absolute Gasteiger partial charge is 0.360 e. The summed E-state index contributed by atoms with van der Waals surface area (Å²) in [4.78, 5) is 9.10. The van der Waals surface area contributed by atoms with E-state index in [0.717, 1.165) is 37.7 Å². The van der Waals surface area contributed by atoms with Crippen LogP contribution in [-0.4, -0.2) is 60.6 Å². The van der Waals surface area contributed by atoms with Crippen molar-refractivity contribution in [2.24, 2.45) is 4.99 Å². The summed E-state index contributed by atoms with van der Waals surface area (Å²) in [5.41, 5.74) is 1.12. The minimum Gasteiger partial charge on any atom is -0.360 e. The van der Waals surface area contributed by atoms with Crippen LogP contribution in [0.1, 0.15) is 5.56 Å². The molecule has 1 atom stereocenters. The van der Waals surface area contributed by atoms with Gasteiger partial charge < -0.3 is 15.1 Å². The molecule has 1 aromatic heterocycles. The highest BCUT2D eigenvalue weighted by atomic mass is 32.2. The number of nitrogens with one attached hydrogen (secondary N) is 1. The predicted octanol–water partition coefficient (Wildman–Crippen LogP) is 2.39. The van der Waals surface area contributed by atoms with E-state index in [2.05, 4.69) is 37.6 Å². The molecule has 0 bridgehead atoms. The Labute approximate surface area is 162 Å². The summed E-state index contributed by atoms with van der Waals surface area (Å²) in [6, 6.07) is 14.3. The summed E-state index contributed by atoms with van der Waals surface area (Å²) in [5, 5.41) is 6.83. The Balaban J connectivity index is 1.40. The minimum atomic E-state index is -0.863. The van der Waals surface area contributed by atoms with E-state index in [4.69, 9.17) is 0 Å². The summed E-state index contributed by atoms with van der Waals surface area (Å²) >= 11 is 1.79. The molecular formula is C19H26N4OS2. The zero-order valence-electron chi connectivity index (χ0n) is 15.1. The Kier molecular flexibility index (Phi) is 7.08. The summed E-state index contributed by atoms with van der Waals surface area (Å²) < 4.78 is 12.2. The highest BCUT2D eigenvalue weighted by Gasteiger charge is 2.20. The number of nitrogens with zero attached hydrogens (tertiary/aromatic N) is 3. The SMILES string of the molecule is CN=C(NCCS(=O)Cc1ccccc1)N1CCN(c2cccs2)CC1. The summed E-state index contributed by atoms with van der Waals surface area (Å²) in [5.74, 6) is 2.15. The van der Waals surface area contributed by atoms with E-state index in [1.807, 2.05) is 37.4 Å². The fourth-order valence-corrected chi connectivity index (χ4v) is 4.85.